The van der Waals surface area contributed by atoms with E-state index in [1.165, 1.54) is 6.42 Å². The number of oxazole rings is 1. The van der Waals surface area contributed by atoms with Gasteiger partial charge in [0.2, 0.25) is 0 Å². The summed E-state index contributed by atoms with van der Waals surface area (Å²) in [4.78, 5) is 12.0. The van der Waals surface area contributed by atoms with Crippen molar-refractivity contribution in [3.05, 3.63) is 34.3 Å². The van der Waals surface area contributed by atoms with Gasteiger partial charge in [-0.3, -0.25) is 4.57 Å². The second-order valence-corrected chi connectivity index (χ2v) is 6.54. The van der Waals surface area contributed by atoms with Crippen molar-refractivity contribution in [2.45, 2.75) is 50.1 Å². The molecule has 21 heavy (non-hydrogen) atoms. The molecule has 4 nitrogen and oxygen atoms in total. The molecule has 3 rings (SSSR count). The number of ether oxygens (including phenoxy) is 1. The van der Waals surface area contributed by atoms with Crippen molar-refractivity contribution >= 4 is 27.0 Å². The number of hydrogen-bond acceptors (Lipinski definition) is 3. The third-order valence-corrected chi connectivity index (χ3v) is 5.12. The van der Waals surface area contributed by atoms with Crippen molar-refractivity contribution in [3.63, 3.8) is 0 Å². The normalized spacial score (nSPS) is 20.8. The Morgan fingerprint density at radius 1 is 1.43 bits per heavy atom. The maximum atomic E-state index is 11.9. The van der Waals surface area contributed by atoms with Gasteiger partial charge in [-0.05, 0) is 43.4 Å². The van der Waals surface area contributed by atoms with Crippen LogP contribution in [0, 0.1) is 0 Å². The van der Waals surface area contributed by atoms with Crippen molar-refractivity contribution < 1.29 is 9.15 Å². The Hall–Kier alpha value is -1.07. The minimum absolute atomic E-state index is 0.141. The number of alkyl halides is 1. The van der Waals surface area contributed by atoms with Gasteiger partial charge in [-0.2, -0.15) is 0 Å². The fourth-order valence-corrected chi connectivity index (χ4v) is 3.60. The molecule has 0 saturated carbocycles. The lowest BCUT2D eigenvalue weighted by Gasteiger charge is -2.27. The zero-order valence-electron chi connectivity index (χ0n) is 12.2. The molecule has 0 aliphatic carbocycles. The molecule has 2 heterocycles. The lowest BCUT2D eigenvalue weighted by Crippen LogP contribution is -2.23. The highest BCUT2D eigenvalue weighted by Crippen LogP contribution is 2.34. The molecule has 2 atom stereocenters. The third-order valence-electron chi connectivity index (χ3n) is 4.00. The van der Waals surface area contributed by atoms with E-state index in [-0.39, 0.29) is 16.7 Å². The summed E-state index contributed by atoms with van der Waals surface area (Å²) in [6.07, 6.45) is 4.52. The van der Waals surface area contributed by atoms with E-state index in [0.717, 1.165) is 36.9 Å². The van der Waals surface area contributed by atoms with Gasteiger partial charge in [-0.1, -0.05) is 28.9 Å². The molecule has 1 aliphatic rings. The number of nitrogens with zero attached hydrogens (tertiary/aromatic N) is 1. The lowest BCUT2D eigenvalue weighted by atomic mass is 10.0. The second kappa shape index (κ2) is 6.36. The summed E-state index contributed by atoms with van der Waals surface area (Å²) in [6.45, 7) is 3.57. The van der Waals surface area contributed by atoms with E-state index in [9.17, 15) is 4.79 Å². The van der Waals surface area contributed by atoms with E-state index >= 15 is 0 Å². The molecule has 0 bridgehead atoms. The summed E-state index contributed by atoms with van der Waals surface area (Å²) >= 11 is 3.74. The fourth-order valence-electron chi connectivity index (χ4n) is 2.90. The molecule has 0 amide bonds. The molecule has 0 spiro atoms. The molecule has 114 valence electrons. The minimum atomic E-state index is -0.274. The summed E-state index contributed by atoms with van der Waals surface area (Å²) in [5.74, 6) is -0.274. The SMILES string of the molecule is CCCn1c(=O)oc2cc(C(Br)C3CCCCO3)ccc21. The van der Waals surface area contributed by atoms with E-state index in [0.29, 0.717) is 12.1 Å². The van der Waals surface area contributed by atoms with Gasteiger partial charge in [0.15, 0.2) is 5.58 Å². The van der Waals surface area contributed by atoms with Crippen LogP contribution in [0.15, 0.2) is 27.4 Å². The van der Waals surface area contributed by atoms with Gasteiger partial charge in [0.05, 0.1) is 16.4 Å². The van der Waals surface area contributed by atoms with Crippen molar-refractivity contribution in [3.8, 4) is 0 Å². The highest BCUT2D eigenvalue weighted by atomic mass is 79.9. The van der Waals surface area contributed by atoms with E-state index in [1.54, 1.807) is 4.57 Å². The highest BCUT2D eigenvalue weighted by Gasteiger charge is 2.24. The van der Waals surface area contributed by atoms with Crippen molar-refractivity contribution in [1.29, 1.82) is 0 Å². The Morgan fingerprint density at radius 2 is 2.29 bits per heavy atom. The molecule has 1 aliphatic heterocycles. The molecule has 1 saturated heterocycles. The van der Waals surface area contributed by atoms with E-state index < -0.39 is 0 Å². The third kappa shape index (κ3) is 2.94. The molecular weight excluding hydrogens is 334 g/mol. The molecule has 1 aromatic carbocycles. The van der Waals surface area contributed by atoms with Crippen LogP contribution >= 0.6 is 15.9 Å². The lowest BCUT2D eigenvalue weighted by molar-refractivity contribution is 0.0160. The van der Waals surface area contributed by atoms with Gasteiger partial charge in [-0.15, -0.1) is 0 Å². The zero-order valence-corrected chi connectivity index (χ0v) is 13.8. The van der Waals surface area contributed by atoms with Crippen LogP contribution in [-0.2, 0) is 11.3 Å². The quantitative estimate of drug-likeness (QED) is 0.780. The maximum Gasteiger partial charge on any atom is 0.419 e. The Kier molecular flexibility index (Phi) is 4.50. The highest BCUT2D eigenvalue weighted by molar-refractivity contribution is 9.09. The predicted molar refractivity (Wildman–Crippen MR) is 86.0 cm³/mol. The van der Waals surface area contributed by atoms with Crippen LogP contribution in [0.5, 0.6) is 0 Å². The summed E-state index contributed by atoms with van der Waals surface area (Å²) in [5, 5.41) is 0. The van der Waals surface area contributed by atoms with Gasteiger partial charge in [0.1, 0.15) is 0 Å². The molecule has 0 radical (unpaired) electrons. The van der Waals surface area contributed by atoms with Gasteiger partial charge < -0.3 is 9.15 Å². The Labute approximate surface area is 132 Å². The first-order chi connectivity index (χ1) is 10.2. The fraction of sp³-hybridized carbons (Fsp3) is 0.562. The van der Waals surface area contributed by atoms with Crippen LogP contribution in [0.3, 0.4) is 0 Å². The van der Waals surface area contributed by atoms with Gasteiger partial charge in [0.25, 0.3) is 0 Å². The molecular formula is C16H20BrNO3. The monoisotopic (exact) mass is 353 g/mol. The average molecular weight is 354 g/mol. The molecule has 5 heteroatoms. The Bertz CT molecular complexity index is 670. The van der Waals surface area contributed by atoms with Gasteiger partial charge in [0, 0.05) is 13.2 Å². The first-order valence-corrected chi connectivity index (χ1v) is 8.51. The number of rotatable bonds is 4. The molecule has 2 aromatic rings. The predicted octanol–water partition coefficient (Wildman–Crippen LogP) is 4.01. The van der Waals surface area contributed by atoms with Crippen LogP contribution < -0.4 is 5.76 Å². The maximum absolute atomic E-state index is 11.9. The number of aryl methyl sites for hydroxylation is 1. The summed E-state index contributed by atoms with van der Waals surface area (Å²) in [6, 6.07) is 5.99. The largest absolute Gasteiger partial charge is 0.419 e. The number of hydrogen-bond donors (Lipinski definition) is 0. The van der Waals surface area contributed by atoms with Crippen molar-refractivity contribution in [1.82, 2.24) is 4.57 Å². The average Bonchev–Trinajstić information content (AvgIpc) is 2.83. The van der Waals surface area contributed by atoms with Crippen LogP contribution in [0.2, 0.25) is 0 Å². The molecule has 2 unspecified atom stereocenters. The van der Waals surface area contributed by atoms with E-state index in [4.69, 9.17) is 9.15 Å². The van der Waals surface area contributed by atoms with Gasteiger partial charge in [-0.25, -0.2) is 4.79 Å². The second-order valence-electron chi connectivity index (χ2n) is 5.55. The number of benzene rings is 1. The standard InChI is InChI=1S/C16H20BrNO3/c1-2-8-18-12-7-6-11(10-14(12)21-16(18)19)15(17)13-5-3-4-9-20-13/h6-7,10,13,15H,2-5,8-9H2,1H3. The number of fused-ring (bicyclic) bond motifs is 1. The molecule has 1 aromatic heterocycles. The van der Waals surface area contributed by atoms with Crippen LogP contribution in [0.4, 0.5) is 0 Å². The van der Waals surface area contributed by atoms with Gasteiger partial charge >= 0.3 is 5.76 Å². The first-order valence-electron chi connectivity index (χ1n) is 7.59. The van der Waals surface area contributed by atoms with Crippen molar-refractivity contribution in [2.24, 2.45) is 0 Å². The van der Waals surface area contributed by atoms with Crippen molar-refractivity contribution in [2.75, 3.05) is 6.61 Å². The molecule has 0 N–H and O–H groups in total. The van der Waals surface area contributed by atoms with Crippen LogP contribution in [0.25, 0.3) is 11.1 Å². The topological polar surface area (TPSA) is 44.4 Å². The van der Waals surface area contributed by atoms with E-state index in [2.05, 4.69) is 28.9 Å². The number of aromatic nitrogens is 1. The zero-order chi connectivity index (χ0) is 14.8. The minimum Gasteiger partial charge on any atom is -0.408 e. The first kappa shape index (κ1) is 14.9. The Morgan fingerprint density at radius 3 is 3.00 bits per heavy atom. The van der Waals surface area contributed by atoms with Crippen LogP contribution in [0.1, 0.15) is 43.0 Å². The van der Waals surface area contributed by atoms with Crippen LogP contribution in [-0.4, -0.2) is 17.3 Å². The summed E-state index contributed by atoms with van der Waals surface area (Å²) in [5.41, 5.74) is 2.63. The van der Waals surface area contributed by atoms with E-state index in [1.807, 2.05) is 12.1 Å². The number of halogens is 1. The summed E-state index contributed by atoms with van der Waals surface area (Å²) < 4.78 is 12.9. The summed E-state index contributed by atoms with van der Waals surface area (Å²) in [7, 11) is 0. The smallest absolute Gasteiger partial charge is 0.408 e. The Balaban J connectivity index is 1.92. The molecule has 1 fully saturated rings.